The van der Waals surface area contributed by atoms with Crippen molar-refractivity contribution in [2.75, 3.05) is 14.6 Å². The minimum absolute atomic E-state index is 0.00741. The van der Waals surface area contributed by atoms with Crippen LogP contribution in [0.3, 0.4) is 0 Å². The molecule has 0 bridgehead atoms. The molecule has 13 rings (SSSR count). The Morgan fingerprint density at radius 3 is 1.54 bits per heavy atom. The van der Waals surface area contributed by atoms with Gasteiger partial charge in [0, 0.05) is 65.5 Å². The number of benzene rings is 10. The zero-order chi connectivity index (χ0) is 53.8. The van der Waals surface area contributed by atoms with E-state index in [0.717, 1.165) is 22.7 Å². The van der Waals surface area contributed by atoms with Gasteiger partial charge < -0.3 is 14.6 Å². The standard InChI is InChI=1S/C73H66BN3S/c1-47-43-54(73(8,9)10)32-41-63(47)76-65-44-51(49-21-15-12-16-22-49)27-40-62(65)74-69-61(46-67-68(70(69)76)59-23-17-18-24-66(59)78-67)60-45-58(39-42-64(60)77(74)57-33-25-50(26-34-57)48-19-13-11-14-20-48)75(55-35-28-52(29-36-55)71(2,3)4)56-37-30-53(31-38-56)72(5,6)7/h11-46H,1-10H3. The molecule has 10 aromatic carbocycles. The predicted octanol–water partition coefficient (Wildman–Crippen LogP) is 19.8. The number of fused-ring (bicyclic) bond motifs is 8. The Balaban J connectivity index is 1.13. The monoisotopic (exact) mass is 1030 g/mol. The topological polar surface area (TPSA) is 9.72 Å². The van der Waals surface area contributed by atoms with Gasteiger partial charge >= 0.3 is 6.85 Å². The lowest BCUT2D eigenvalue weighted by atomic mass is 9.43. The summed E-state index contributed by atoms with van der Waals surface area (Å²) in [4.78, 5) is 7.78. The van der Waals surface area contributed by atoms with Crippen LogP contribution in [-0.2, 0) is 16.2 Å². The van der Waals surface area contributed by atoms with E-state index >= 15 is 0 Å². The number of anilines is 8. The molecule has 0 radical (unpaired) electrons. The molecular weight excluding hydrogens is 962 g/mol. The minimum atomic E-state index is -0.171. The summed E-state index contributed by atoms with van der Waals surface area (Å²) in [5.41, 5.74) is 24.4. The zero-order valence-corrected chi connectivity index (χ0v) is 47.4. The van der Waals surface area contributed by atoms with Crippen LogP contribution in [0, 0.1) is 6.92 Å². The number of hydrogen-bond acceptors (Lipinski definition) is 4. The Morgan fingerprint density at radius 1 is 0.410 bits per heavy atom. The first-order valence-corrected chi connectivity index (χ1v) is 28.5. The van der Waals surface area contributed by atoms with E-state index in [4.69, 9.17) is 0 Å². The first-order chi connectivity index (χ1) is 37.5. The third-order valence-electron chi connectivity index (χ3n) is 16.4. The highest BCUT2D eigenvalue weighted by atomic mass is 32.1. The molecule has 1 aromatic heterocycles. The summed E-state index contributed by atoms with van der Waals surface area (Å²) < 4.78 is 2.57. The van der Waals surface area contributed by atoms with E-state index in [0.29, 0.717) is 0 Å². The molecule has 0 N–H and O–H groups in total. The zero-order valence-electron chi connectivity index (χ0n) is 46.6. The molecule has 11 aromatic rings. The highest BCUT2D eigenvalue weighted by molar-refractivity contribution is 7.26. The van der Waals surface area contributed by atoms with E-state index in [-0.39, 0.29) is 23.1 Å². The first-order valence-electron chi connectivity index (χ1n) is 27.7. The van der Waals surface area contributed by atoms with Crippen molar-refractivity contribution in [2.45, 2.75) is 85.5 Å². The largest absolute Gasteiger partial charge is 0.376 e. The molecule has 2 aliphatic heterocycles. The number of nitrogens with zero attached hydrogens (tertiary/aromatic N) is 3. The van der Waals surface area contributed by atoms with E-state index in [9.17, 15) is 0 Å². The summed E-state index contributed by atoms with van der Waals surface area (Å²) in [6.45, 7) is 22.9. The Kier molecular flexibility index (Phi) is 11.7. The lowest BCUT2D eigenvalue weighted by molar-refractivity contribution is 0.589. The van der Waals surface area contributed by atoms with Gasteiger partial charge in [-0.25, -0.2) is 0 Å². The van der Waals surface area contributed by atoms with E-state index in [2.05, 4.69) is 302 Å². The van der Waals surface area contributed by atoms with Gasteiger partial charge in [-0.1, -0.05) is 202 Å². The quantitative estimate of drug-likeness (QED) is 0.147. The van der Waals surface area contributed by atoms with Gasteiger partial charge in [0.2, 0.25) is 0 Å². The van der Waals surface area contributed by atoms with Crippen molar-refractivity contribution in [1.29, 1.82) is 0 Å². The normalized spacial score (nSPS) is 13.2. The Labute approximate surface area is 466 Å². The fraction of sp³-hybridized carbons (Fsp3) is 0.178. The molecule has 3 nitrogen and oxygen atoms in total. The Bertz CT molecular complexity index is 4020. The van der Waals surface area contributed by atoms with Gasteiger partial charge in [0.25, 0.3) is 0 Å². The second-order valence-electron chi connectivity index (χ2n) is 24.7. The molecule has 3 heterocycles. The van der Waals surface area contributed by atoms with Crippen LogP contribution in [0.15, 0.2) is 218 Å². The highest BCUT2D eigenvalue weighted by Crippen LogP contribution is 2.54. The molecule has 0 saturated carbocycles. The van der Waals surface area contributed by atoms with Crippen LogP contribution in [0.5, 0.6) is 0 Å². The van der Waals surface area contributed by atoms with Crippen LogP contribution in [-0.4, -0.2) is 6.85 Å². The molecule has 0 atom stereocenters. The van der Waals surface area contributed by atoms with Gasteiger partial charge in [-0.3, -0.25) is 0 Å². The first kappa shape index (κ1) is 49.5. The average Bonchev–Trinajstić information content (AvgIpc) is 3.11. The number of hydrogen-bond donors (Lipinski definition) is 0. The molecular formula is C73H66BN3S. The predicted molar refractivity (Wildman–Crippen MR) is 339 cm³/mol. The van der Waals surface area contributed by atoms with Crippen molar-refractivity contribution in [1.82, 2.24) is 0 Å². The van der Waals surface area contributed by atoms with Crippen LogP contribution in [0.25, 0.3) is 53.6 Å². The second kappa shape index (κ2) is 18.5. The summed E-state index contributed by atoms with van der Waals surface area (Å²) >= 11 is 1.91. The molecule has 0 spiro atoms. The second-order valence-corrected chi connectivity index (χ2v) is 25.8. The molecule has 0 saturated heterocycles. The number of thiophene rings is 1. The maximum atomic E-state index is 2.66. The Hall–Kier alpha value is -8.12. The summed E-state index contributed by atoms with van der Waals surface area (Å²) in [5, 5.41) is 2.58. The summed E-state index contributed by atoms with van der Waals surface area (Å²) in [5.74, 6) is 0. The Morgan fingerprint density at radius 2 is 0.936 bits per heavy atom. The van der Waals surface area contributed by atoms with Crippen LogP contribution < -0.4 is 25.5 Å². The van der Waals surface area contributed by atoms with E-state index in [1.165, 1.54) is 109 Å². The summed E-state index contributed by atoms with van der Waals surface area (Å²) in [6, 6.07) is 82.8. The molecule has 2 aliphatic rings. The molecule has 382 valence electrons. The minimum Gasteiger partial charge on any atom is -0.376 e. The molecule has 78 heavy (non-hydrogen) atoms. The van der Waals surface area contributed by atoms with Crippen molar-refractivity contribution in [2.24, 2.45) is 0 Å². The van der Waals surface area contributed by atoms with Crippen molar-refractivity contribution >= 4 is 94.8 Å². The smallest absolute Gasteiger partial charge is 0.333 e. The van der Waals surface area contributed by atoms with Crippen molar-refractivity contribution < 1.29 is 0 Å². The van der Waals surface area contributed by atoms with E-state index < -0.39 is 0 Å². The maximum absolute atomic E-state index is 2.66. The molecule has 0 fully saturated rings. The molecule has 0 amide bonds. The van der Waals surface area contributed by atoms with Gasteiger partial charge in [0.15, 0.2) is 0 Å². The van der Waals surface area contributed by atoms with Gasteiger partial charge in [0.05, 0.1) is 5.69 Å². The lowest BCUT2D eigenvalue weighted by Gasteiger charge is -2.46. The fourth-order valence-electron chi connectivity index (χ4n) is 12.2. The van der Waals surface area contributed by atoms with Crippen LogP contribution in [0.2, 0.25) is 0 Å². The summed E-state index contributed by atoms with van der Waals surface area (Å²) in [6.07, 6.45) is 0. The van der Waals surface area contributed by atoms with Gasteiger partial charge in [-0.15, -0.1) is 11.3 Å². The average molecular weight is 1030 g/mol. The van der Waals surface area contributed by atoms with Crippen LogP contribution in [0.4, 0.5) is 45.5 Å². The summed E-state index contributed by atoms with van der Waals surface area (Å²) in [7, 11) is 0. The third-order valence-corrected chi connectivity index (χ3v) is 17.6. The molecule has 0 aliphatic carbocycles. The van der Waals surface area contributed by atoms with Crippen molar-refractivity contribution in [3.05, 3.63) is 241 Å². The highest BCUT2D eigenvalue weighted by Gasteiger charge is 2.47. The van der Waals surface area contributed by atoms with Gasteiger partial charge in [0.1, 0.15) is 0 Å². The van der Waals surface area contributed by atoms with Gasteiger partial charge in [-0.05, 0) is 163 Å². The number of rotatable bonds is 7. The van der Waals surface area contributed by atoms with Crippen LogP contribution >= 0.6 is 11.3 Å². The SMILES string of the molecule is Cc1cc(C(C)(C)C)ccc1N1c2cc(-c3ccccc3)ccc2B2c3c(cc4sc5ccccc5c4c31)-c1cc(N(c3ccc(C(C)(C)C)cc3)c3ccc(C(C)(C)C)cc3)ccc1N2c1ccc(-c2ccccc2)cc1. The van der Waals surface area contributed by atoms with Crippen LogP contribution in [0.1, 0.15) is 84.6 Å². The van der Waals surface area contributed by atoms with Crippen molar-refractivity contribution in [3.63, 3.8) is 0 Å². The lowest BCUT2D eigenvalue weighted by Crippen LogP contribution is -2.61. The fourth-order valence-corrected chi connectivity index (χ4v) is 13.3. The van der Waals surface area contributed by atoms with E-state index in [1.807, 2.05) is 11.3 Å². The maximum Gasteiger partial charge on any atom is 0.333 e. The van der Waals surface area contributed by atoms with Crippen molar-refractivity contribution in [3.8, 4) is 33.4 Å². The third kappa shape index (κ3) is 8.42. The number of aryl methyl sites for hydroxylation is 1. The molecule has 0 unspecified atom stereocenters. The molecule has 5 heteroatoms. The van der Waals surface area contributed by atoms with Gasteiger partial charge in [-0.2, -0.15) is 0 Å². The van der Waals surface area contributed by atoms with E-state index in [1.54, 1.807) is 0 Å².